The molecular formula is C15H30N2O. The van der Waals surface area contributed by atoms with E-state index in [0.29, 0.717) is 0 Å². The number of rotatable bonds is 6. The van der Waals surface area contributed by atoms with Crippen LogP contribution in [0.25, 0.3) is 0 Å². The van der Waals surface area contributed by atoms with Crippen molar-refractivity contribution < 1.29 is 4.74 Å². The van der Waals surface area contributed by atoms with Crippen molar-refractivity contribution in [2.75, 3.05) is 39.9 Å². The molecule has 2 rings (SSSR count). The minimum absolute atomic E-state index is 0.818. The summed E-state index contributed by atoms with van der Waals surface area (Å²) in [6.07, 6.45) is 5.46. The molecule has 0 spiro atoms. The van der Waals surface area contributed by atoms with E-state index in [1.165, 1.54) is 45.3 Å². The molecule has 0 bridgehead atoms. The lowest BCUT2D eigenvalue weighted by atomic mass is 9.85. The Kier molecular flexibility index (Phi) is 5.46. The fraction of sp³-hybridized carbons (Fsp3) is 1.00. The van der Waals surface area contributed by atoms with Crippen molar-refractivity contribution >= 4 is 0 Å². The Morgan fingerprint density at radius 3 is 2.28 bits per heavy atom. The van der Waals surface area contributed by atoms with Crippen molar-refractivity contribution in [1.82, 2.24) is 9.80 Å². The molecule has 0 amide bonds. The molecule has 0 radical (unpaired) electrons. The maximum Gasteiger partial charge on any atom is 0.0494 e. The summed E-state index contributed by atoms with van der Waals surface area (Å²) in [7, 11) is 2.34. The third-order valence-corrected chi connectivity index (χ3v) is 4.91. The van der Waals surface area contributed by atoms with Crippen LogP contribution in [0.3, 0.4) is 0 Å². The summed E-state index contributed by atoms with van der Waals surface area (Å²) in [5.74, 6) is 0.822. The van der Waals surface area contributed by atoms with Gasteiger partial charge in [0.05, 0.1) is 0 Å². The zero-order valence-electron chi connectivity index (χ0n) is 12.4. The van der Waals surface area contributed by atoms with Gasteiger partial charge in [-0.25, -0.2) is 0 Å². The van der Waals surface area contributed by atoms with Crippen LogP contribution < -0.4 is 0 Å². The maximum absolute atomic E-state index is 5.56. The van der Waals surface area contributed by atoms with Crippen molar-refractivity contribution in [3.8, 4) is 0 Å². The minimum atomic E-state index is 0.818. The first-order valence-corrected chi connectivity index (χ1v) is 7.76. The fourth-order valence-corrected chi connectivity index (χ4v) is 3.36. The molecular weight excluding hydrogens is 224 g/mol. The second kappa shape index (κ2) is 6.88. The molecule has 2 fully saturated rings. The average Bonchev–Trinajstić information content (AvgIpc) is 2.35. The molecule has 18 heavy (non-hydrogen) atoms. The van der Waals surface area contributed by atoms with Crippen LogP contribution in [0.15, 0.2) is 0 Å². The second-order valence-corrected chi connectivity index (χ2v) is 6.01. The first-order chi connectivity index (χ1) is 8.74. The maximum atomic E-state index is 5.56. The molecule has 0 atom stereocenters. The number of likely N-dealkylation sites (tertiary alicyclic amines) is 1. The lowest BCUT2D eigenvalue weighted by molar-refractivity contribution is 0.00732. The summed E-state index contributed by atoms with van der Waals surface area (Å²) in [6.45, 7) is 9.99. The standard InChI is InChI=1S/C15H30N2O/c1-4-17-10-15(11-17)16(3)14-8-6-13(7-9-14)12-18-5-2/h13-15H,4-12H2,1-3H3. The van der Waals surface area contributed by atoms with Gasteiger partial charge >= 0.3 is 0 Å². The molecule has 1 saturated carbocycles. The van der Waals surface area contributed by atoms with Crippen molar-refractivity contribution in [3.05, 3.63) is 0 Å². The molecule has 0 aromatic carbocycles. The van der Waals surface area contributed by atoms with Gasteiger partial charge in [-0.15, -0.1) is 0 Å². The first-order valence-electron chi connectivity index (χ1n) is 7.76. The predicted molar refractivity (Wildman–Crippen MR) is 75.9 cm³/mol. The number of hydrogen-bond donors (Lipinski definition) is 0. The van der Waals surface area contributed by atoms with Gasteiger partial charge in [0.1, 0.15) is 0 Å². The van der Waals surface area contributed by atoms with E-state index in [1.807, 2.05) is 0 Å². The number of likely N-dealkylation sites (N-methyl/N-ethyl adjacent to an activating group) is 2. The van der Waals surface area contributed by atoms with Crippen molar-refractivity contribution in [1.29, 1.82) is 0 Å². The second-order valence-electron chi connectivity index (χ2n) is 6.01. The van der Waals surface area contributed by atoms with Gasteiger partial charge in [-0.3, -0.25) is 4.90 Å². The van der Waals surface area contributed by atoms with Crippen molar-refractivity contribution in [2.45, 2.75) is 51.6 Å². The number of hydrogen-bond acceptors (Lipinski definition) is 3. The number of nitrogens with zero attached hydrogens (tertiary/aromatic N) is 2. The highest BCUT2D eigenvalue weighted by molar-refractivity contribution is 4.90. The van der Waals surface area contributed by atoms with Gasteiger partial charge in [-0.05, 0) is 52.1 Å². The van der Waals surface area contributed by atoms with E-state index < -0.39 is 0 Å². The van der Waals surface area contributed by atoms with Crippen LogP contribution in [0.5, 0.6) is 0 Å². The highest BCUT2D eigenvalue weighted by Gasteiger charge is 2.33. The van der Waals surface area contributed by atoms with E-state index in [2.05, 4.69) is 30.7 Å². The Hall–Kier alpha value is -0.120. The number of ether oxygens (including phenoxy) is 1. The van der Waals surface area contributed by atoms with Gasteiger partial charge in [0.2, 0.25) is 0 Å². The molecule has 0 aromatic rings. The normalized spacial score (nSPS) is 30.7. The minimum Gasteiger partial charge on any atom is -0.381 e. The smallest absolute Gasteiger partial charge is 0.0494 e. The molecule has 106 valence electrons. The van der Waals surface area contributed by atoms with Crippen LogP contribution in [-0.2, 0) is 4.74 Å². The zero-order chi connectivity index (χ0) is 13.0. The molecule has 1 aliphatic heterocycles. The average molecular weight is 254 g/mol. The van der Waals surface area contributed by atoms with E-state index in [0.717, 1.165) is 31.2 Å². The Morgan fingerprint density at radius 2 is 1.72 bits per heavy atom. The summed E-state index contributed by atoms with van der Waals surface area (Å²) >= 11 is 0. The zero-order valence-corrected chi connectivity index (χ0v) is 12.4. The molecule has 1 heterocycles. The summed E-state index contributed by atoms with van der Waals surface area (Å²) in [5.41, 5.74) is 0. The van der Waals surface area contributed by atoms with Crippen LogP contribution in [0.4, 0.5) is 0 Å². The molecule has 0 aromatic heterocycles. The van der Waals surface area contributed by atoms with Gasteiger partial charge < -0.3 is 9.64 Å². The van der Waals surface area contributed by atoms with Gasteiger partial charge in [0.15, 0.2) is 0 Å². The Balaban J connectivity index is 1.66. The summed E-state index contributed by atoms with van der Waals surface area (Å²) in [4.78, 5) is 5.19. The SMILES string of the molecule is CCOCC1CCC(N(C)C2CN(CC)C2)CC1. The third-order valence-electron chi connectivity index (χ3n) is 4.91. The van der Waals surface area contributed by atoms with Gasteiger partial charge in [-0.2, -0.15) is 0 Å². The third kappa shape index (κ3) is 3.46. The van der Waals surface area contributed by atoms with Crippen LogP contribution in [0.2, 0.25) is 0 Å². The lowest BCUT2D eigenvalue weighted by Gasteiger charge is -2.47. The molecule has 3 nitrogen and oxygen atoms in total. The van der Waals surface area contributed by atoms with E-state index >= 15 is 0 Å². The Labute approximate surface area is 112 Å². The molecule has 0 N–H and O–H groups in total. The van der Waals surface area contributed by atoms with E-state index in [-0.39, 0.29) is 0 Å². The van der Waals surface area contributed by atoms with Gasteiger partial charge in [-0.1, -0.05) is 6.92 Å². The van der Waals surface area contributed by atoms with Crippen LogP contribution in [-0.4, -0.2) is 61.8 Å². The molecule has 1 aliphatic carbocycles. The summed E-state index contributed by atoms with van der Waals surface area (Å²) < 4.78 is 5.56. The quantitative estimate of drug-likeness (QED) is 0.723. The molecule has 0 unspecified atom stereocenters. The van der Waals surface area contributed by atoms with Crippen molar-refractivity contribution in [2.24, 2.45) is 5.92 Å². The van der Waals surface area contributed by atoms with E-state index in [4.69, 9.17) is 4.74 Å². The highest BCUT2D eigenvalue weighted by atomic mass is 16.5. The largest absolute Gasteiger partial charge is 0.381 e. The van der Waals surface area contributed by atoms with Gasteiger partial charge in [0.25, 0.3) is 0 Å². The van der Waals surface area contributed by atoms with E-state index in [9.17, 15) is 0 Å². The van der Waals surface area contributed by atoms with Crippen molar-refractivity contribution in [3.63, 3.8) is 0 Å². The molecule has 3 heteroatoms. The summed E-state index contributed by atoms with van der Waals surface area (Å²) in [6, 6.07) is 1.64. The van der Waals surface area contributed by atoms with E-state index in [1.54, 1.807) is 0 Å². The first kappa shape index (κ1) is 14.3. The highest BCUT2D eigenvalue weighted by Crippen LogP contribution is 2.29. The Bertz CT molecular complexity index is 233. The Morgan fingerprint density at radius 1 is 1.06 bits per heavy atom. The molecule has 1 saturated heterocycles. The monoisotopic (exact) mass is 254 g/mol. The predicted octanol–water partition coefficient (Wildman–Crippen LogP) is 2.22. The molecule has 2 aliphatic rings. The van der Waals surface area contributed by atoms with Crippen LogP contribution in [0, 0.1) is 5.92 Å². The van der Waals surface area contributed by atoms with Crippen LogP contribution >= 0.6 is 0 Å². The summed E-state index contributed by atoms with van der Waals surface area (Å²) in [5, 5.41) is 0. The van der Waals surface area contributed by atoms with Crippen LogP contribution in [0.1, 0.15) is 39.5 Å². The topological polar surface area (TPSA) is 15.7 Å². The lowest BCUT2D eigenvalue weighted by Crippen LogP contribution is -2.60. The van der Waals surface area contributed by atoms with Gasteiger partial charge in [0, 0.05) is 38.4 Å². The fourth-order valence-electron chi connectivity index (χ4n) is 3.36.